The predicted molar refractivity (Wildman–Crippen MR) is 144 cm³/mol. The lowest BCUT2D eigenvalue weighted by molar-refractivity contribution is -0.132. The molecule has 0 bridgehead atoms. The van der Waals surface area contributed by atoms with Crippen molar-refractivity contribution in [2.45, 2.75) is 19.6 Å². The van der Waals surface area contributed by atoms with Crippen LogP contribution in [0, 0.1) is 6.92 Å². The lowest BCUT2D eigenvalue weighted by Gasteiger charge is -2.23. The lowest BCUT2D eigenvalue weighted by Crippen LogP contribution is -2.29. The van der Waals surface area contributed by atoms with Crippen molar-refractivity contribution < 1.29 is 29.3 Å². The molecule has 0 aliphatic carbocycles. The summed E-state index contributed by atoms with van der Waals surface area (Å²) in [6.45, 7) is 2.40. The molecule has 2 N–H and O–H groups in total. The van der Waals surface area contributed by atoms with Crippen LogP contribution in [0.4, 0.5) is 5.13 Å². The molecule has 2 heterocycles. The number of carbonyl (C=O) groups is 2. The van der Waals surface area contributed by atoms with Crippen LogP contribution in [0.15, 0.2) is 83.9 Å². The Morgan fingerprint density at radius 1 is 1.08 bits per heavy atom. The fourth-order valence-electron chi connectivity index (χ4n) is 4.38. The normalized spacial score (nSPS) is 16.6. The maximum absolute atomic E-state index is 13.2. The number of aliphatic hydroxyl groups excluding tert-OH is 1. The number of nitrogens with zero attached hydrogens (tertiary/aromatic N) is 2. The number of phenolic OH excluding ortho intramolecular Hbond substituents is 1. The van der Waals surface area contributed by atoms with Crippen LogP contribution < -0.4 is 14.4 Å². The number of thiazole rings is 1. The molecule has 8 nitrogen and oxygen atoms in total. The van der Waals surface area contributed by atoms with E-state index in [4.69, 9.17) is 9.47 Å². The Bertz CT molecular complexity index is 1530. The van der Waals surface area contributed by atoms with E-state index in [1.54, 1.807) is 35.7 Å². The Kier molecular flexibility index (Phi) is 6.85. The molecule has 1 aromatic heterocycles. The molecular weight excluding hydrogens is 504 g/mol. The molecule has 192 valence electrons. The first-order valence-corrected chi connectivity index (χ1v) is 12.6. The van der Waals surface area contributed by atoms with Crippen LogP contribution >= 0.6 is 11.3 Å². The highest BCUT2D eigenvalue weighted by Crippen LogP contribution is 2.44. The first-order chi connectivity index (χ1) is 18.4. The van der Waals surface area contributed by atoms with Gasteiger partial charge >= 0.3 is 5.91 Å². The van der Waals surface area contributed by atoms with Crippen LogP contribution in [-0.2, 0) is 16.2 Å². The molecule has 1 amide bonds. The van der Waals surface area contributed by atoms with Crippen molar-refractivity contribution in [1.82, 2.24) is 4.98 Å². The van der Waals surface area contributed by atoms with Gasteiger partial charge in [0.2, 0.25) is 0 Å². The van der Waals surface area contributed by atoms with E-state index < -0.39 is 17.7 Å². The minimum absolute atomic E-state index is 0.0913. The second-order valence-corrected chi connectivity index (χ2v) is 9.59. The Morgan fingerprint density at radius 3 is 2.55 bits per heavy atom. The van der Waals surface area contributed by atoms with Gasteiger partial charge in [0, 0.05) is 17.1 Å². The van der Waals surface area contributed by atoms with E-state index in [-0.39, 0.29) is 22.8 Å². The van der Waals surface area contributed by atoms with Crippen molar-refractivity contribution in [1.29, 1.82) is 0 Å². The Labute approximate surface area is 223 Å². The number of hydrogen-bond donors (Lipinski definition) is 2. The van der Waals surface area contributed by atoms with Crippen molar-refractivity contribution in [2.24, 2.45) is 0 Å². The summed E-state index contributed by atoms with van der Waals surface area (Å²) in [5.41, 5.74) is 2.89. The molecule has 0 spiro atoms. The maximum Gasteiger partial charge on any atom is 0.301 e. The van der Waals surface area contributed by atoms with Crippen molar-refractivity contribution in [3.63, 3.8) is 0 Å². The zero-order chi connectivity index (χ0) is 26.8. The fraction of sp³-hybridized carbons (Fsp3) is 0.138. The van der Waals surface area contributed by atoms with Gasteiger partial charge in [0.25, 0.3) is 5.78 Å². The first kappa shape index (κ1) is 25.0. The summed E-state index contributed by atoms with van der Waals surface area (Å²) in [5, 5.41) is 23.4. The van der Waals surface area contributed by atoms with E-state index in [2.05, 4.69) is 4.98 Å². The summed E-state index contributed by atoms with van der Waals surface area (Å²) < 4.78 is 11.1. The van der Waals surface area contributed by atoms with E-state index >= 15 is 0 Å². The monoisotopic (exact) mass is 528 g/mol. The van der Waals surface area contributed by atoms with Gasteiger partial charge in [0.15, 0.2) is 16.6 Å². The van der Waals surface area contributed by atoms with Gasteiger partial charge in [-0.15, -0.1) is 11.3 Å². The van der Waals surface area contributed by atoms with Gasteiger partial charge < -0.3 is 19.7 Å². The van der Waals surface area contributed by atoms with Crippen molar-refractivity contribution in [3.05, 3.63) is 106 Å². The molecule has 9 heteroatoms. The first-order valence-electron chi connectivity index (χ1n) is 11.7. The van der Waals surface area contributed by atoms with Crippen LogP contribution in [0.2, 0.25) is 0 Å². The molecule has 1 aliphatic rings. The number of aromatic hydroxyl groups is 1. The number of phenols is 1. The highest BCUT2D eigenvalue weighted by atomic mass is 32.1. The summed E-state index contributed by atoms with van der Waals surface area (Å²) in [6.07, 6.45) is 1.53. The average Bonchev–Trinajstić information content (AvgIpc) is 3.54. The van der Waals surface area contributed by atoms with Crippen molar-refractivity contribution in [3.8, 4) is 17.2 Å². The minimum Gasteiger partial charge on any atom is -0.507 e. The quantitative estimate of drug-likeness (QED) is 0.189. The number of amides is 1. The second-order valence-electron chi connectivity index (χ2n) is 8.72. The van der Waals surface area contributed by atoms with Crippen molar-refractivity contribution in [2.75, 3.05) is 12.0 Å². The standard InChI is InChI=1S/C29H24N2O6S/c1-17-4-3-5-18(14-17)16-37-21-9-6-19(7-10-21)26(33)24-25(20-8-11-22(32)23(15-20)36-2)31(28(35)27(24)34)29-30-12-13-38-29/h3-15,25,32-33H,16H2,1-2H3/b26-24-. The number of hydrogen-bond acceptors (Lipinski definition) is 8. The molecule has 1 atom stereocenters. The van der Waals surface area contributed by atoms with E-state index in [0.717, 1.165) is 11.1 Å². The Morgan fingerprint density at radius 2 is 1.87 bits per heavy atom. The summed E-state index contributed by atoms with van der Waals surface area (Å²) in [7, 11) is 1.40. The van der Waals surface area contributed by atoms with Gasteiger partial charge in [-0.05, 0) is 54.4 Å². The number of aliphatic hydroxyl groups is 1. The van der Waals surface area contributed by atoms with Gasteiger partial charge in [-0.2, -0.15) is 0 Å². The van der Waals surface area contributed by atoms with Crippen LogP contribution in [0.1, 0.15) is 28.3 Å². The molecular formula is C29H24N2O6S. The number of ether oxygens (including phenoxy) is 2. The molecule has 4 aromatic rings. The third-order valence-electron chi connectivity index (χ3n) is 6.21. The van der Waals surface area contributed by atoms with Crippen LogP contribution in [-0.4, -0.2) is 34.0 Å². The largest absolute Gasteiger partial charge is 0.507 e. The lowest BCUT2D eigenvalue weighted by atomic mass is 9.95. The SMILES string of the molecule is COc1cc(C2/C(=C(/O)c3ccc(OCc4cccc(C)c4)cc3)C(=O)C(=O)N2c2nccs2)ccc1O. The molecule has 1 saturated heterocycles. The molecule has 5 rings (SSSR count). The van der Waals surface area contributed by atoms with Gasteiger partial charge in [-0.25, -0.2) is 4.98 Å². The number of ketones is 1. The van der Waals surface area contributed by atoms with Gasteiger partial charge in [0.05, 0.1) is 18.7 Å². The number of aryl methyl sites for hydroxylation is 1. The number of aromatic nitrogens is 1. The Hall–Kier alpha value is -4.63. The van der Waals surface area contributed by atoms with E-state index in [9.17, 15) is 19.8 Å². The molecule has 1 aliphatic heterocycles. The molecule has 0 saturated carbocycles. The number of methoxy groups -OCH3 is 1. The number of anilines is 1. The van der Waals surface area contributed by atoms with E-state index in [1.165, 1.54) is 41.7 Å². The number of benzene rings is 3. The molecule has 3 aromatic carbocycles. The molecule has 0 radical (unpaired) electrons. The zero-order valence-electron chi connectivity index (χ0n) is 20.6. The zero-order valence-corrected chi connectivity index (χ0v) is 21.4. The fourth-order valence-corrected chi connectivity index (χ4v) is 5.04. The maximum atomic E-state index is 13.2. The van der Waals surface area contributed by atoms with Gasteiger partial charge in [-0.1, -0.05) is 35.9 Å². The summed E-state index contributed by atoms with van der Waals surface area (Å²) >= 11 is 1.19. The third kappa shape index (κ3) is 4.71. The third-order valence-corrected chi connectivity index (χ3v) is 6.98. The highest BCUT2D eigenvalue weighted by Gasteiger charge is 2.48. The average molecular weight is 529 g/mol. The van der Waals surface area contributed by atoms with E-state index in [1.807, 2.05) is 31.2 Å². The number of rotatable bonds is 7. The number of carbonyl (C=O) groups excluding carboxylic acids is 2. The van der Waals surface area contributed by atoms with Crippen molar-refractivity contribution >= 4 is 33.9 Å². The highest BCUT2D eigenvalue weighted by molar-refractivity contribution is 7.14. The van der Waals surface area contributed by atoms with Crippen LogP contribution in [0.25, 0.3) is 5.76 Å². The Balaban J connectivity index is 1.51. The number of Topliss-reactive ketones (excluding diaryl/α,β-unsaturated/α-hetero) is 1. The summed E-state index contributed by atoms with van der Waals surface area (Å²) in [6, 6.07) is 18.2. The topological polar surface area (TPSA) is 109 Å². The molecule has 38 heavy (non-hydrogen) atoms. The smallest absolute Gasteiger partial charge is 0.301 e. The molecule has 1 fully saturated rings. The minimum atomic E-state index is -0.979. The second kappa shape index (κ2) is 10.4. The van der Waals surface area contributed by atoms with E-state index in [0.29, 0.717) is 28.6 Å². The van der Waals surface area contributed by atoms with Crippen LogP contribution in [0.5, 0.6) is 17.2 Å². The van der Waals surface area contributed by atoms with Gasteiger partial charge in [0.1, 0.15) is 18.1 Å². The molecule has 1 unspecified atom stereocenters. The predicted octanol–water partition coefficient (Wildman–Crippen LogP) is 5.37. The van der Waals surface area contributed by atoms with Crippen LogP contribution in [0.3, 0.4) is 0 Å². The summed E-state index contributed by atoms with van der Waals surface area (Å²) in [5.74, 6) is -1.31. The summed E-state index contributed by atoms with van der Waals surface area (Å²) in [4.78, 5) is 31.9. The van der Waals surface area contributed by atoms with Gasteiger partial charge in [-0.3, -0.25) is 14.5 Å².